The van der Waals surface area contributed by atoms with E-state index in [0.717, 1.165) is 5.56 Å². The fourth-order valence-corrected chi connectivity index (χ4v) is 3.18. The van der Waals surface area contributed by atoms with E-state index < -0.39 is 16.1 Å². The van der Waals surface area contributed by atoms with Crippen molar-refractivity contribution in [3.63, 3.8) is 0 Å². The van der Waals surface area contributed by atoms with Crippen molar-refractivity contribution in [2.45, 2.75) is 11.4 Å². The van der Waals surface area contributed by atoms with Gasteiger partial charge in [-0.05, 0) is 29.8 Å². The van der Waals surface area contributed by atoms with Crippen molar-refractivity contribution in [3.8, 4) is 0 Å². The van der Waals surface area contributed by atoms with E-state index in [1.54, 1.807) is 36.7 Å². The molecule has 25 heavy (non-hydrogen) atoms. The predicted octanol–water partition coefficient (Wildman–Crippen LogP) is 1.33. The number of amides is 2. The smallest absolute Gasteiger partial charge is 0.319 e. The van der Waals surface area contributed by atoms with Crippen LogP contribution < -0.4 is 15.4 Å². The van der Waals surface area contributed by atoms with E-state index in [9.17, 15) is 13.2 Å². The van der Waals surface area contributed by atoms with Crippen LogP contribution in [0, 0.1) is 0 Å². The number of rotatable bonds is 8. The van der Waals surface area contributed by atoms with Crippen LogP contribution in [0.4, 0.5) is 10.5 Å². The summed E-state index contributed by atoms with van der Waals surface area (Å²) in [5.41, 5.74) is 1.08. The summed E-state index contributed by atoms with van der Waals surface area (Å²) in [6.07, 6.45) is 3.25. The summed E-state index contributed by atoms with van der Waals surface area (Å²) in [5.74, 6) is 0. The lowest BCUT2D eigenvalue weighted by Gasteiger charge is -2.13. The average molecular weight is 364 g/mol. The van der Waals surface area contributed by atoms with Crippen LogP contribution >= 0.6 is 0 Å². The largest absolute Gasteiger partial charge is 0.383 e. The van der Waals surface area contributed by atoms with Crippen molar-refractivity contribution in [1.82, 2.24) is 15.0 Å². The number of methoxy groups -OCH3 is 1. The number of sulfonamides is 1. The maximum absolute atomic E-state index is 12.3. The molecule has 3 N–H and O–H groups in total. The van der Waals surface area contributed by atoms with E-state index in [2.05, 4.69) is 20.3 Å². The number of pyridine rings is 1. The molecule has 1 heterocycles. The highest BCUT2D eigenvalue weighted by Crippen LogP contribution is 2.20. The highest BCUT2D eigenvalue weighted by Gasteiger charge is 2.18. The number of benzene rings is 1. The molecule has 0 aliphatic carbocycles. The molecule has 0 saturated heterocycles. The van der Waals surface area contributed by atoms with E-state index in [0.29, 0.717) is 6.54 Å². The van der Waals surface area contributed by atoms with Gasteiger partial charge in [0.25, 0.3) is 0 Å². The van der Waals surface area contributed by atoms with Crippen LogP contribution in [0.5, 0.6) is 0 Å². The molecule has 0 bridgehead atoms. The summed E-state index contributed by atoms with van der Waals surface area (Å²) >= 11 is 0. The zero-order valence-corrected chi connectivity index (χ0v) is 14.5. The van der Waals surface area contributed by atoms with Gasteiger partial charge in [-0.15, -0.1) is 0 Å². The minimum atomic E-state index is -3.76. The Morgan fingerprint density at radius 1 is 1.16 bits per heavy atom. The third-order valence-electron chi connectivity index (χ3n) is 3.23. The summed E-state index contributed by atoms with van der Waals surface area (Å²) < 4.78 is 31.9. The number of urea groups is 1. The summed E-state index contributed by atoms with van der Waals surface area (Å²) in [6.45, 7) is 0.692. The molecule has 134 valence electrons. The number of carbonyl (C=O) groups excluding carboxylic acids is 1. The molecule has 2 amide bonds. The minimum absolute atomic E-state index is 0.00911. The van der Waals surface area contributed by atoms with Crippen molar-refractivity contribution < 1.29 is 17.9 Å². The Morgan fingerprint density at radius 2 is 1.88 bits per heavy atom. The van der Waals surface area contributed by atoms with E-state index >= 15 is 0 Å². The Hall–Kier alpha value is -2.49. The Labute approximate surface area is 146 Å². The first-order valence-corrected chi connectivity index (χ1v) is 9.02. The van der Waals surface area contributed by atoms with Crippen LogP contribution in [0.15, 0.2) is 53.7 Å². The fourth-order valence-electron chi connectivity index (χ4n) is 2.01. The normalized spacial score (nSPS) is 11.1. The number of nitrogens with one attached hydrogen (secondary N) is 3. The molecule has 0 radical (unpaired) electrons. The van der Waals surface area contributed by atoms with Crippen molar-refractivity contribution in [1.29, 1.82) is 0 Å². The Kier molecular flexibility index (Phi) is 6.87. The second-order valence-electron chi connectivity index (χ2n) is 5.05. The predicted molar refractivity (Wildman–Crippen MR) is 93.6 cm³/mol. The van der Waals surface area contributed by atoms with Crippen molar-refractivity contribution >= 4 is 21.7 Å². The number of para-hydroxylation sites is 1. The number of hydrogen-bond donors (Lipinski definition) is 3. The molecule has 0 aliphatic heterocycles. The van der Waals surface area contributed by atoms with Crippen LogP contribution in [-0.2, 0) is 21.3 Å². The molecule has 0 spiro atoms. The molecule has 8 nitrogen and oxygen atoms in total. The molecule has 0 unspecified atom stereocenters. The van der Waals surface area contributed by atoms with Gasteiger partial charge in [-0.1, -0.05) is 12.1 Å². The molecule has 9 heteroatoms. The van der Waals surface area contributed by atoms with Crippen LogP contribution in [-0.4, -0.2) is 39.7 Å². The maximum Gasteiger partial charge on any atom is 0.319 e. The zero-order chi connectivity index (χ0) is 18.1. The van der Waals surface area contributed by atoms with Crippen molar-refractivity contribution in [2.24, 2.45) is 0 Å². The van der Waals surface area contributed by atoms with E-state index in [-0.39, 0.29) is 23.7 Å². The number of anilines is 1. The fraction of sp³-hybridized carbons (Fsp3) is 0.250. The molecular formula is C16H20N4O4S. The lowest BCUT2D eigenvalue weighted by atomic mass is 10.3. The molecule has 0 fully saturated rings. The quantitative estimate of drug-likeness (QED) is 0.612. The van der Waals surface area contributed by atoms with Crippen molar-refractivity contribution in [2.75, 3.05) is 25.6 Å². The summed E-state index contributed by atoms with van der Waals surface area (Å²) in [6, 6.07) is 9.23. The van der Waals surface area contributed by atoms with Crippen LogP contribution in [0.3, 0.4) is 0 Å². The molecular weight excluding hydrogens is 344 g/mol. The first kappa shape index (κ1) is 18.8. The number of ether oxygens (including phenoxy) is 1. The Balaban J connectivity index is 2.03. The van der Waals surface area contributed by atoms with E-state index in [1.807, 2.05) is 0 Å². The first-order valence-electron chi connectivity index (χ1n) is 7.54. The molecule has 1 aromatic carbocycles. The van der Waals surface area contributed by atoms with Gasteiger partial charge >= 0.3 is 6.03 Å². The Bertz CT molecular complexity index is 797. The lowest BCUT2D eigenvalue weighted by molar-refractivity contribution is 0.204. The summed E-state index contributed by atoms with van der Waals surface area (Å²) in [7, 11) is -2.27. The van der Waals surface area contributed by atoms with E-state index in [4.69, 9.17) is 4.74 Å². The standard InChI is InChI=1S/C16H20N4O4S/c1-24-11-10-19-25(22,23)15-5-3-2-4-14(15)20-16(21)18-12-13-6-8-17-9-7-13/h2-9,19H,10-12H2,1H3,(H2,18,20,21). The number of hydrogen-bond acceptors (Lipinski definition) is 5. The average Bonchev–Trinajstić information content (AvgIpc) is 2.61. The van der Waals surface area contributed by atoms with Gasteiger partial charge in [0.1, 0.15) is 4.90 Å². The van der Waals surface area contributed by atoms with Gasteiger partial charge in [-0.3, -0.25) is 4.98 Å². The second-order valence-corrected chi connectivity index (χ2v) is 6.79. The van der Waals surface area contributed by atoms with Gasteiger partial charge < -0.3 is 15.4 Å². The topological polar surface area (TPSA) is 109 Å². The number of aromatic nitrogens is 1. The van der Waals surface area contributed by atoms with Crippen molar-refractivity contribution in [3.05, 3.63) is 54.4 Å². The monoisotopic (exact) mass is 364 g/mol. The molecule has 1 aromatic heterocycles. The van der Waals surface area contributed by atoms with Gasteiger partial charge in [0.2, 0.25) is 10.0 Å². The molecule has 0 aliphatic rings. The highest BCUT2D eigenvalue weighted by molar-refractivity contribution is 7.89. The third kappa shape index (κ3) is 5.82. The lowest BCUT2D eigenvalue weighted by Crippen LogP contribution is -2.31. The zero-order valence-electron chi connectivity index (χ0n) is 13.7. The van der Waals surface area contributed by atoms with Gasteiger partial charge in [-0.2, -0.15) is 0 Å². The third-order valence-corrected chi connectivity index (χ3v) is 4.74. The van der Waals surface area contributed by atoms with Gasteiger partial charge in [0.15, 0.2) is 0 Å². The maximum atomic E-state index is 12.3. The van der Waals surface area contributed by atoms with Gasteiger partial charge in [-0.25, -0.2) is 17.9 Å². The minimum Gasteiger partial charge on any atom is -0.383 e. The van der Waals surface area contributed by atoms with Crippen LogP contribution in [0.1, 0.15) is 5.56 Å². The van der Waals surface area contributed by atoms with Crippen LogP contribution in [0.2, 0.25) is 0 Å². The number of carbonyl (C=O) groups is 1. The molecule has 0 atom stereocenters. The number of nitrogens with zero attached hydrogens (tertiary/aromatic N) is 1. The molecule has 2 aromatic rings. The highest BCUT2D eigenvalue weighted by atomic mass is 32.2. The summed E-state index contributed by atoms with van der Waals surface area (Å²) in [4.78, 5) is 15.9. The van der Waals surface area contributed by atoms with Gasteiger partial charge in [0, 0.05) is 32.6 Å². The molecule has 2 rings (SSSR count). The van der Waals surface area contributed by atoms with Crippen LogP contribution in [0.25, 0.3) is 0 Å². The molecule has 0 saturated carbocycles. The Morgan fingerprint density at radius 3 is 2.60 bits per heavy atom. The second kappa shape index (κ2) is 9.11. The van der Waals surface area contributed by atoms with E-state index in [1.165, 1.54) is 19.2 Å². The first-order chi connectivity index (χ1) is 12.0. The summed E-state index contributed by atoms with van der Waals surface area (Å²) in [5, 5.41) is 5.23. The van der Waals surface area contributed by atoms with Gasteiger partial charge in [0.05, 0.1) is 12.3 Å². The SMILES string of the molecule is COCCNS(=O)(=O)c1ccccc1NC(=O)NCc1ccncc1.